The van der Waals surface area contributed by atoms with E-state index >= 15 is 0 Å². The topological polar surface area (TPSA) is 50.4 Å². The van der Waals surface area contributed by atoms with Gasteiger partial charge in [0, 0.05) is 12.3 Å². The Labute approximate surface area is 107 Å². The summed E-state index contributed by atoms with van der Waals surface area (Å²) >= 11 is 0. The van der Waals surface area contributed by atoms with E-state index in [2.05, 4.69) is 10.6 Å². The van der Waals surface area contributed by atoms with Crippen LogP contribution in [-0.2, 0) is 9.53 Å². The van der Waals surface area contributed by atoms with Crippen molar-refractivity contribution in [1.82, 2.24) is 5.32 Å². The third-order valence-electron chi connectivity index (χ3n) is 2.52. The first-order valence-corrected chi connectivity index (χ1v) is 5.50. The summed E-state index contributed by atoms with van der Waals surface area (Å²) in [6.07, 6.45) is 0.914. The van der Waals surface area contributed by atoms with Crippen LogP contribution in [0.15, 0.2) is 30.3 Å². The third kappa shape index (κ3) is 4.63. The maximum absolute atomic E-state index is 11.5. The number of hydrogen-bond donors (Lipinski definition) is 2. The molecular weight excluding hydrogens is 240 g/mol. The minimum absolute atomic E-state index is 0. The molecule has 0 saturated carbocycles. The summed E-state index contributed by atoms with van der Waals surface area (Å²) in [6, 6.07) is 9.87. The normalized spacial score (nSPS) is 18.2. The van der Waals surface area contributed by atoms with Crippen molar-refractivity contribution in [2.45, 2.75) is 12.5 Å². The van der Waals surface area contributed by atoms with Crippen LogP contribution in [0.2, 0.25) is 0 Å². The summed E-state index contributed by atoms with van der Waals surface area (Å²) in [5.74, 6) is 0.0133. The number of hydrogen-bond acceptors (Lipinski definition) is 3. The Bertz CT molecular complexity index is 340. The molecule has 0 bridgehead atoms. The van der Waals surface area contributed by atoms with E-state index < -0.39 is 0 Å². The second-order valence-corrected chi connectivity index (χ2v) is 3.85. The minimum Gasteiger partial charge on any atom is -0.379 e. The summed E-state index contributed by atoms with van der Waals surface area (Å²) in [4.78, 5) is 11.5. The molecule has 1 aliphatic heterocycles. The van der Waals surface area contributed by atoms with Gasteiger partial charge in [0.1, 0.15) is 0 Å². The second-order valence-electron chi connectivity index (χ2n) is 3.85. The molecule has 94 valence electrons. The molecule has 1 atom stereocenters. The van der Waals surface area contributed by atoms with Crippen LogP contribution in [0.4, 0.5) is 5.69 Å². The Hall–Kier alpha value is -1.26. The number of rotatable bonds is 4. The first kappa shape index (κ1) is 13.8. The van der Waals surface area contributed by atoms with E-state index in [0.29, 0.717) is 13.2 Å². The number of ether oxygens (including phenoxy) is 1. The zero-order valence-electron chi connectivity index (χ0n) is 9.52. The van der Waals surface area contributed by atoms with Gasteiger partial charge >= 0.3 is 0 Å². The van der Waals surface area contributed by atoms with Gasteiger partial charge in [-0.15, -0.1) is 12.4 Å². The molecular formula is C12H17ClN2O2. The molecule has 1 fully saturated rings. The third-order valence-corrected chi connectivity index (χ3v) is 2.52. The van der Waals surface area contributed by atoms with Gasteiger partial charge in [0.2, 0.25) is 5.91 Å². The number of amides is 1. The minimum atomic E-state index is 0. The Morgan fingerprint density at radius 1 is 1.35 bits per heavy atom. The molecule has 1 aliphatic rings. The van der Waals surface area contributed by atoms with Crippen molar-refractivity contribution in [2.24, 2.45) is 0 Å². The number of halogens is 1. The molecule has 0 spiro atoms. The highest BCUT2D eigenvalue weighted by Crippen LogP contribution is 2.05. The standard InChI is InChI=1S/C12H16N2O2.ClH/c15-12(14-11-6-7-16-9-11)8-13-10-4-2-1-3-5-10;/h1-5,11,13H,6-9H2,(H,14,15);1H. The first-order chi connectivity index (χ1) is 7.84. The monoisotopic (exact) mass is 256 g/mol. The lowest BCUT2D eigenvalue weighted by atomic mass is 10.2. The van der Waals surface area contributed by atoms with E-state index in [1.807, 2.05) is 30.3 Å². The van der Waals surface area contributed by atoms with Crippen molar-refractivity contribution in [3.63, 3.8) is 0 Å². The van der Waals surface area contributed by atoms with Crippen molar-refractivity contribution >= 4 is 24.0 Å². The van der Waals surface area contributed by atoms with E-state index in [0.717, 1.165) is 18.7 Å². The van der Waals surface area contributed by atoms with Crippen LogP contribution in [0.3, 0.4) is 0 Å². The van der Waals surface area contributed by atoms with Gasteiger partial charge < -0.3 is 15.4 Å². The van der Waals surface area contributed by atoms with Crippen LogP contribution >= 0.6 is 12.4 Å². The molecule has 2 N–H and O–H groups in total. The second kappa shape index (κ2) is 7.14. The predicted octanol–water partition coefficient (Wildman–Crippen LogP) is 1.43. The van der Waals surface area contributed by atoms with Gasteiger partial charge in [-0.1, -0.05) is 18.2 Å². The van der Waals surface area contributed by atoms with Crippen LogP contribution in [0, 0.1) is 0 Å². The lowest BCUT2D eigenvalue weighted by Gasteiger charge is -2.11. The first-order valence-electron chi connectivity index (χ1n) is 5.50. The molecule has 17 heavy (non-hydrogen) atoms. The van der Waals surface area contributed by atoms with Crippen molar-refractivity contribution in [3.05, 3.63) is 30.3 Å². The smallest absolute Gasteiger partial charge is 0.239 e. The van der Waals surface area contributed by atoms with Crippen LogP contribution in [0.1, 0.15) is 6.42 Å². The van der Waals surface area contributed by atoms with E-state index in [1.54, 1.807) is 0 Å². The summed E-state index contributed by atoms with van der Waals surface area (Å²) in [5, 5.41) is 5.99. The molecule has 1 aromatic rings. The fraction of sp³-hybridized carbons (Fsp3) is 0.417. The fourth-order valence-corrected chi connectivity index (χ4v) is 1.67. The molecule has 2 rings (SSSR count). The summed E-state index contributed by atoms with van der Waals surface area (Å²) < 4.78 is 5.19. The highest BCUT2D eigenvalue weighted by Gasteiger charge is 2.17. The quantitative estimate of drug-likeness (QED) is 0.857. The predicted molar refractivity (Wildman–Crippen MR) is 69.5 cm³/mol. The van der Waals surface area contributed by atoms with Gasteiger partial charge in [-0.2, -0.15) is 0 Å². The molecule has 0 radical (unpaired) electrons. The highest BCUT2D eigenvalue weighted by molar-refractivity contribution is 5.85. The maximum Gasteiger partial charge on any atom is 0.239 e. The molecule has 1 heterocycles. The van der Waals surface area contributed by atoms with Crippen LogP contribution in [-0.4, -0.2) is 31.7 Å². The lowest BCUT2D eigenvalue weighted by molar-refractivity contribution is -0.120. The number of anilines is 1. The van der Waals surface area contributed by atoms with E-state index in [-0.39, 0.29) is 24.4 Å². The summed E-state index contributed by atoms with van der Waals surface area (Å²) in [6.45, 7) is 1.69. The van der Waals surface area contributed by atoms with Gasteiger partial charge in [0.25, 0.3) is 0 Å². The number of nitrogens with one attached hydrogen (secondary N) is 2. The average Bonchev–Trinajstić information content (AvgIpc) is 2.81. The van der Waals surface area contributed by atoms with Crippen LogP contribution in [0.5, 0.6) is 0 Å². The van der Waals surface area contributed by atoms with Crippen molar-refractivity contribution in [1.29, 1.82) is 0 Å². The molecule has 0 aliphatic carbocycles. The zero-order chi connectivity index (χ0) is 11.2. The van der Waals surface area contributed by atoms with E-state index in [9.17, 15) is 4.79 Å². The van der Waals surface area contributed by atoms with Gasteiger partial charge in [-0.25, -0.2) is 0 Å². The van der Waals surface area contributed by atoms with Crippen LogP contribution < -0.4 is 10.6 Å². The number of benzene rings is 1. The number of carbonyl (C=O) groups excluding carboxylic acids is 1. The molecule has 0 aromatic heterocycles. The van der Waals surface area contributed by atoms with E-state index in [1.165, 1.54) is 0 Å². The maximum atomic E-state index is 11.5. The van der Waals surface area contributed by atoms with Gasteiger partial charge in [0.05, 0.1) is 19.2 Å². The van der Waals surface area contributed by atoms with Crippen molar-refractivity contribution < 1.29 is 9.53 Å². The van der Waals surface area contributed by atoms with Crippen LogP contribution in [0.25, 0.3) is 0 Å². The van der Waals surface area contributed by atoms with Gasteiger partial charge in [-0.3, -0.25) is 4.79 Å². The zero-order valence-corrected chi connectivity index (χ0v) is 10.3. The number of carbonyl (C=O) groups is 1. The molecule has 5 heteroatoms. The molecule has 1 amide bonds. The largest absolute Gasteiger partial charge is 0.379 e. The molecule has 4 nitrogen and oxygen atoms in total. The Morgan fingerprint density at radius 2 is 2.12 bits per heavy atom. The summed E-state index contributed by atoms with van der Waals surface area (Å²) in [7, 11) is 0. The average molecular weight is 257 g/mol. The Morgan fingerprint density at radius 3 is 2.76 bits per heavy atom. The number of para-hydroxylation sites is 1. The van der Waals surface area contributed by atoms with E-state index in [4.69, 9.17) is 4.74 Å². The van der Waals surface area contributed by atoms with Crippen molar-refractivity contribution in [3.8, 4) is 0 Å². The van der Waals surface area contributed by atoms with Crippen molar-refractivity contribution in [2.75, 3.05) is 25.1 Å². The van der Waals surface area contributed by atoms with Gasteiger partial charge in [-0.05, 0) is 18.6 Å². The summed E-state index contributed by atoms with van der Waals surface area (Å²) in [5.41, 5.74) is 0.959. The van der Waals surface area contributed by atoms with Gasteiger partial charge in [0.15, 0.2) is 0 Å². The molecule has 1 saturated heterocycles. The SMILES string of the molecule is Cl.O=C(CNc1ccccc1)NC1CCOC1. The Balaban J connectivity index is 0.00000144. The highest BCUT2D eigenvalue weighted by atomic mass is 35.5. The fourth-order valence-electron chi connectivity index (χ4n) is 1.67. The molecule has 1 unspecified atom stereocenters. The lowest BCUT2D eigenvalue weighted by Crippen LogP contribution is -2.38. The Kier molecular flexibility index (Phi) is 5.80. The molecule has 1 aromatic carbocycles.